The quantitative estimate of drug-likeness (QED) is 0.515. The number of hydrogen-bond donors (Lipinski definition) is 1. The van der Waals surface area contributed by atoms with Crippen LogP contribution in [0.25, 0.3) is 0 Å². The molecule has 2 nitrogen and oxygen atoms in total. The second-order valence-electron chi connectivity index (χ2n) is 4.85. The third-order valence-corrected chi connectivity index (χ3v) is 4.04. The van der Waals surface area contributed by atoms with E-state index in [-0.39, 0.29) is 0 Å². The van der Waals surface area contributed by atoms with Crippen molar-refractivity contribution in [3.8, 4) is 0 Å². The number of benzene rings is 1. The Morgan fingerprint density at radius 2 is 1.84 bits per heavy atom. The summed E-state index contributed by atoms with van der Waals surface area (Å²) in [5.41, 5.74) is 1.38. The van der Waals surface area contributed by atoms with Crippen LogP contribution in [0.3, 0.4) is 0 Å². The molecule has 0 atom stereocenters. The van der Waals surface area contributed by atoms with Crippen LogP contribution in [0.1, 0.15) is 45.1 Å². The minimum Gasteiger partial charge on any atom is -0.396 e. The van der Waals surface area contributed by atoms with Gasteiger partial charge in [0.05, 0.1) is 0 Å². The number of rotatable bonds is 10. The lowest BCUT2D eigenvalue weighted by atomic mass is 10.1. The molecular weight excluding hydrogens is 254 g/mol. The summed E-state index contributed by atoms with van der Waals surface area (Å²) in [6, 6.07) is 8.82. The van der Waals surface area contributed by atoms with E-state index in [2.05, 4.69) is 42.4 Å². The molecule has 0 heterocycles. The van der Waals surface area contributed by atoms with E-state index in [0.29, 0.717) is 6.61 Å². The summed E-state index contributed by atoms with van der Waals surface area (Å²) in [5.74, 6) is 0. The number of hydrogen-bond acceptors (Lipinski definition) is 3. The first-order valence-electron chi connectivity index (χ1n) is 7.42. The van der Waals surface area contributed by atoms with Gasteiger partial charge in [0.25, 0.3) is 0 Å². The van der Waals surface area contributed by atoms with Crippen LogP contribution >= 0.6 is 11.9 Å². The van der Waals surface area contributed by atoms with Crippen LogP contribution < -0.4 is 0 Å². The molecule has 0 saturated carbocycles. The Bertz CT molecular complexity index is 337. The summed E-state index contributed by atoms with van der Waals surface area (Å²) in [7, 11) is 0. The molecule has 1 aromatic rings. The van der Waals surface area contributed by atoms with Crippen molar-refractivity contribution in [3.05, 3.63) is 29.8 Å². The topological polar surface area (TPSA) is 23.5 Å². The lowest BCUT2D eigenvalue weighted by molar-refractivity contribution is 0.284. The van der Waals surface area contributed by atoms with Gasteiger partial charge in [0.1, 0.15) is 0 Å². The molecule has 1 aromatic carbocycles. The summed E-state index contributed by atoms with van der Waals surface area (Å²) >= 11 is 1.88. The van der Waals surface area contributed by atoms with Crippen molar-refractivity contribution in [1.82, 2.24) is 4.31 Å². The molecule has 0 saturated heterocycles. The van der Waals surface area contributed by atoms with Gasteiger partial charge in [0.15, 0.2) is 0 Å². The van der Waals surface area contributed by atoms with E-state index in [1.54, 1.807) is 0 Å². The third kappa shape index (κ3) is 7.00. The molecule has 1 N–H and O–H groups in total. The number of nitrogens with zero attached hydrogens (tertiary/aromatic N) is 1. The zero-order valence-corrected chi connectivity index (χ0v) is 13.1. The van der Waals surface area contributed by atoms with Gasteiger partial charge in [-0.25, -0.2) is 4.31 Å². The van der Waals surface area contributed by atoms with Gasteiger partial charge in [-0.15, -0.1) is 0 Å². The van der Waals surface area contributed by atoms with Crippen LogP contribution in [0.2, 0.25) is 0 Å². The Morgan fingerprint density at radius 1 is 1.11 bits per heavy atom. The highest BCUT2D eigenvalue weighted by Gasteiger charge is 2.05. The van der Waals surface area contributed by atoms with E-state index in [1.165, 1.54) is 23.3 Å². The highest BCUT2D eigenvalue weighted by molar-refractivity contribution is 7.97. The van der Waals surface area contributed by atoms with Crippen LogP contribution in [-0.4, -0.2) is 29.1 Å². The van der Waals surface area contributed by atoms with Crippen LogP contribution in [0.4, 0.5) is 0 Å². The molecular formula is C16H27NOS. The summed E-state index contributed by atoms with van der Waals surface area (Å²) in [4.78, 5) is 1.34. The van der Waals surface area contributed by atoms with Gasteiger partial charge in [0.2, 0.25) is 0 Å². The molecule has 0 bridgehead atoms. The number of unbranched alkanes of at least 4 members (excludes halogenated alkanes) is 1. The molecule has 0 unspecified atom stereocenters. The van der Waals surface area contributed by atoms with Gasteiger partial charge in [-0.05, 0) is 61.7 Å². The van der Waals surface area contributed by atoms with E-state index in [0.717, 1.165) is 32.4 Å². The first-order valence-corrected chi connectivity index (χ1v) is 8.20. The second kappa shape index (κ2) is 10.3. The van der Waals surface area contributed by atoms with Crippen molar-refractivity contribution in [1.29, 1.82) is 0 Å². The Balaban J connectivity index is 2.54. The zero-order chi connectivity index (χ0) is 13.9. The summed E-state index contributed by atoms with van der Waals surface area (Å²) in [6.45, 7) is 7.05. The third-order valence-electron chi connectivity index (χ3n) is 2.95. The van der Waals surface area contributed by atoms with Crippen molar-refractivity contribution in [2.24, 2.45) is 0 Å². The highest BCUT2D eigenvalue weighted by atomic mass is 32.2. The van der Waals surface area contributed by atoms with Gasteiger partial charge in [-0.1, -0.05) is 26.0 Å². The Morgan fingerprint density at radius 3 is 2.47 bits per heavy atom. The standard InChI is InChI=1S/C16H27NOS/c1-3-11-17(12-4-2)19-16-10-7-9-15(14-16)8-5-6-13-18/h7,9-10,14,18H,3-6,8,11-13H2,1-2H3. The van der Waals surface area contributed by atoms with E-state index in [4.69, 9.17) is 5.11 Å². The van der Waals surface area contributed by atoms with Crippen LogP contribution in [-0.2, 0) is 6.42 Å². The van der Waals surface area contributed by atoms with E-state index >= 15 is 0 Å². The van der Waals surface area contributed by atoms with Gasteiger partial charge >= 0.3 is 0 Å². The lowest BCUT2D eigenvalue weighted by Crippen LogP contribution is -2.17. The second-order valence-corrected chi connectivity index (χ2v) is 6.02. The minimum absolute atomic E-state index is 0.301. The molecule has 1 rings (SSSR count). The molecule has 19 heavy (non-hydrogen) atoms. The van der Waals surface area contributed by atoms with Crippen molar-refractivity contribution in [2.45, 2.75) is 50.8 Å². The predicted molar refractivity (Wildman–Crippen MR) is 84.5 cm³/mol. The largest absolute Gasteiger partial charge is 0.396 e. The number of aliphatic hydroxyl groups excluding tert-OH is 1. The molecule has 0 aliphatic carbocycles. The number of aliphatic hydroxyl groups is 1. The summed E-state index contributed by atoms with van der Waals surface area (Å²) in [6.07, 6.45) is 5.43. The molecule has 0 spiro atoms. The van der Waals surface area contributed by atoms with Crippen molar-refractivity contribution >= 4 is 11.9 Å². The fourth-order valence-electron chi connectivity index (χ4n) is 2.05. The summed E-state index contributed by atoms with van der Waals surface area (Å²) in [5, 5.41) is 8.83. The van der Waals surface area contributed by atoms with Gasteiger partial charge in [0, 0.05) is 24.6 Å². The van der Waals surface area contributed by atoms with Crippen molar-refractivity contribution in [3.63, 3.8) is 0 Å². The van der Waals surface area contributed by atoms with Crippen molar-refractivity contribution in [2.75, 3.05) is 19.7 Å². The van der Waals surface area contributed by atoms with E-state index in [9.17, 15) is 0 Å². The Labute approximate surface area is 122 Å². The Hall–Kier alpha value is -0.510. The van der Waals surface area contributed by atoms with Gasteiger partial charge in [-0.2, -0.15) is 0 Å². The maximum atomic E-state index is 8.83. The fourth-order valence-corrected chi connectivity index (χ4v) is 3.24. The fraction of sp³-hybridized carbons (Fsp3) is 0.625. The molecule has 3 heteroatoms. The Kier molecular flexibility index (Phi) is 8.97. The zero-order valence-electron chi connectivity index (χ0n) is 12.3. The van der Waals surface area contributed by atoms with Gasteiger partial charge < -0.3 is 5.11 Å². The minimum atomic E-state index is 0.301. The van der Waals surface area contributed by atoms with Crippen molar-refractivity contribution < 1.29 is 5.11 Å². The predicted octanol–water partition coefficient (Wildman–Crippen LogP) is 4.13. The maximum Gasteiger partial charge on any atom is 0.0431 e. The molecule has 0 aliphatic heterocycles. The van der Waals surface area contributed by atoms with E-state index in [1.807, 2.05) is 11.9 Å². The summed E-state index contributed by atoms with van der Waals surface area (Å²) < 4.78 is 2.45. The monoisotopic (exact) mass is 281 g/mol. The SMILES string of the molecule is CCCN(CCC)Sc1cccc(CCCCO)c1. The molecule has 0 amide bonds. The highest BCUT2D eigenvalue weighted by Crippen LogP contribution is 2.24. The number of aryl methyl sites for hydroxylation is 1. The molecule has 0 aliphatic rings. The van der Waals surface area contributed by atoms with Crippen LogP contribution in [0.5, 0.6) is 0 Å². The van der Waals surface area contributed by atoms with Crippen LogP contribution in [0.15, 0.2) is 29.2 Å². The molecule has 0 aromatic heterocycles. The molecule has 0 radical (unpaired) electrons. The maximum absolute atomic E-state index is 8.83. The average molecular weight is 281 g/mol. The molecule has 108 valence electrons. The van der Waals surface area contributed by atoms with E-state index < -0.39 is 0 Å². The first-order chi connectivity index (χ1) is 9.30. The smallest absolute Gasteiger partial charge is 0.0431 e. The van der Waals surface area contributed by atoms with Crippen LogP contribution in [0, 0.1) is 0 Å². The first kappa shape index (κ1) is 16.5. The molecule has 0 fully saturated rings. The van der Waals surface area contributed by atoms with Gasteiger partial charge in [-0.3, -0.25) is 0 Å². The normalized spacial score (nSPS) is 11.2. The lowest BCUT2D eigenvalue weighted by Gasteiger charge is -2.19. The average Bonchev–Trinajstić information content (AvgIpc) is 2.40.